The number of thioether (sulfide) groups is 1. The molecule has 0 unspecified atom stereocenters. The Morgan fingerprint density at radius 2 is 2.27 bits per heavy atom. The van der Waals surface area contributed by atoms with Gasteiger partial charge in [0.05, 0.1) is 11.3 Å². The largest absolute Gasteiger partial charge is 0.259 e. The van der Waals surface area contributed by atoms with Crippen LogP contribution in [0.1, 0.15) is 18.1 Å². The van der Waals surface area contributed by atoms with Gasteiger partial charge in [0.1, 0.15) is 6.07 Å². The van der Waals surface area contributed by atoms with Gasteiger partial charge in [-0.05, 0) is 30.9 Å². The molecule has 1 rings (SSSR count). The highest BCUT2D eigenvalue weighted by molar-refractivity contribution is 8.02. The van der Waals surface area contributed by atoms with Gasteiger partial charge >= 0.3 is 0 Å². The summed E-state index contributed by atoms with van der Waals surface area (Å²) in [5.41, 5.74) is 2.33. The number of hydrogen-bond donors (Lipinski definition) is 0. The molecule has 0 aliphatic carbocycles. The minimum absolute atomic E-state index is 0.639. The van der Waals surface area contributed by atoms with Crippen molar-refractivity contribution in [2.24, 2.45) is 4.99 Å². The van der Waals surface area contributed by atoms with Crippen LogP contribution in [0, 0.1) is 18.3 Å². The number of hydrogen-bond acceptors (Lipinski definition) is 3. The van der Waals surface area contributed by atoms with Crippen LogP contribution in [-0.4, -0.2) is 6.21 Å². The van der Waals surface area contributed by atoms with E-state index in [4.69, 9.17) is 5.26 Å². The number of aliphatic imine (C=N–C) groups is 1. The zero-order valence-corrected chi connectivity index (χ0v) is 9.64. The number of nitrogens with zero attached hydrogens (tertiary/aromatic N) is 2. The van der Waals surface area contributed by atoms with Gasteiger partial charge in [0.2, 0.25) is 0 Å². The molecule has 0 spiro atoms. The minimum Gasteiger partial charge on any atom is -0.259 e. The molecule has 0 N–H and O–H groups in total. The molecule has 3 heteroatoms. The number of rotatable bonds is 3. The molecule has 0 heterocycles. The van der Waals surface area contributed by atoms with Crippen LogP contribution in [0.15, 0.2) is 34.0 Å². The summed E-state index contributed by atoms with van der Waals surface area (Å²) in [4.78, 5) is 5.20. The first-order valence-corrected chi connectivity index (χ1v) is 5.42. The maximum Gasteiger partial charge on any atom is 0.102 e. The Kier molecular flexibility index (Phi) is 4.14. The third-order valence-corrected chi connectivity index (χ3v) is 2.68. The first kappa shape index (κ1) is 11.5. The van der Waals surface area contributed by atoms with E-state index >= 15 is 0 Å². The monoisotopic (exact) mass is 216 g/mol. The normalized spacial score (nSPS) is 10.2. The molecule has 0 aromatic heterocycles. The summed E-state index contributed by atoms with van der Waals surface area (Å²) in [5, 5.41) is 10.8. The van der Waals surface area contributed by atoms with Crippen molar-refractivity contribution in [1.82, 2.24) is 0 Å². The molecule has 2 nitrogen and oxygen atoms in total. The molecule has 0 saturated carbocycles. The Hall–Kier alpha value is -1.53. The van der Waals surface area contributed by atoms with Gasteiger partial charge in [-0.3, -0.25) is 4.99 Å². The van der Waals surface area contributed by atoms with E-state index in [1.54, 1.807) is 11.6 Å². The summed E-state index contributed by atoms with van der Waals surface area (Å²) in [6, 6.07) is 6.08. The predicted octanol–water partition coefficient (Wildman–Crippen LogP) is 3.82. The van der Waals surface area contributed by atoms with Crippen molar-refractivity contribution < 1.29 is 0 Å². The molecule has 0 atom stereocenters. The number of benzene rings is 1. The maximum atomic E-state index is 9.06. The van der Waals surface area contributed by atoms with Crippen LogP contribution in [0.3, 0.4) is 0 Å². The second-order valence-corrected chi connectivity index (χ2v) is 3.90. The summed E-state index contributed by atoms with van der Waals surface area (Å²) in [6.45, 7) is 7.41. The van der Waals surface area contributed by atoms with Gasteiger partial charge in [-0.1, -0.05) is 24.4 Å². The van der Waals surface area contributed by atoms with Crippen molar-refractivity contribution in [2.45, 2.75) is 18.7 Å². The van der Waals surface area contributed by atoms with Gasteiger partial charge in [-0.2, -0.15) is 5.26 Å². The van der Waals surface area contributed by atoms with Gasteiger partial charge < -0.3 is 0 Å². The van der Waals surface area contributed by atoms with E-state index in [0.29, 0.717) is 5.56 Å². The van der Waals surface area contributed by atoms with E-state index in [1.165, 1.54) is 11.8 Å². The van der Waals surface area contributed by atoms with Gasteiger partial charge in [0.25, 0.3) is 0 Å². The second-order valence-electron chi connectivity index (χ2n) is 2.89. The molecule has 76 valence electrons. The predicted molar refractivity (Wildman–Crippen MR) is 65.8 cm³/mol. The molecule has 1 aromatic carbocycles. The second kappa shape index (κ2) is 5.38. The highest BCUT2D eigenvalue weighted by Gasteiger charge is 2.09. The number of nitriles is 1. The summed E-state index contributed by atoms with van der Waals surface area (Å²) < 4.78 is 0. The Balaban J connectivity index is 3.42. The Bertz CT molecular complexity index is 442. The van der Waals surface area contributed by atoms with E-state index < -0.39 is 0 Å². The van der Waals surface area contributed by atoms with Crippen molar-refractivity contribution in [3.8, 4) is 6.07 Å². The highest BCUT2D eigenvalue weighted by Crippen LogP contribution is 2.34. The van der Waals surface area contributed by atoms with Crippen molar-refractivity contribution in [3.05, 3.63) is 35.2 Å². The molecule has 0 amide bonds. The van der Waals surface area contributed by atoms with E-state index in [2.05, 4.69) is 17.6 Å². The molecule has 0 aliphatic rings. The SMILES string of the molecule is C=CSc1ccc(C)c(C#N)c1N=CC. The summed E-state index contributed by atoms with van der Waals surface area (Å²) >= 11 is 1.48. The summed E-state index contributed by atoms with van der Waals surface area (Å²) in [6.07, 6.45) is 1.70. The quantitative estimate of drug-likeness (QED) is 0.568. The molecule has 0 radical (unpaired) electrons. The molecule has 0 aliphatic heterocycles. The lowest BCUT2D eigenvalue weighted by Crippen LogP contribution is -1.85. The van der Waals surface area contributed by atoms with Crippen LogP contribution in [0.5, 0.6) is 0 Å². The minimum atomic E-state index is 0.639. The lowest BCUT2D eigenvalue weighted by Gasteiger charge is -2.06. The molecule has 0 fully saturated rings. The number of aryl methyl sites for hydroxylation is 1. The Morgan fingerprint density at radius 1 is 1.53 bits per heavy atom. The fraction of sp³-hybridized carbons (Fsp3) is 0.167. The zero-order chi connectivity index (χ0) is 11.3. The van der Waals surface area contributed by atoms with Crippen molar-refractivity contribution in [1.29, 1.82) is 5.26 Å². The lowest BCUT2D eigenvalue weighted by molar-refractivity contribution is 1.29. The lowest BCUT2D eigenvalue weighted by atomic mass is 10.1. The zero-order valence-electron chi connectivity index (χ0n) is 8.82. The van der Waals surface area contributed by atoms with Crippen LogP contribution in [-0.2, 0) is 0 Å². The average Bonchev–Trinajstić information content (AvgIpc) is 2.23. The average molecular weight is 216 g/mol. The van der Waals surface area contributed by atoms with Crippen molar-refractivity contribution in [3.63, 3.8) is 0 Å². The molecule has 15 heavy (non-hydrogen) atoms. The van der Waals surface area contributed by atoms with Gasteiger partial charge in [0, 0.05) is 11.1 Å². The van der Waals surface area contributed by atoms with Crippen molar-refractivity contribution in [2.75, 3.05) is 0 Å². The first-order valence-electron chi connectivity index (χ1n) is 4.54. The van der Waals surface area contributed by atoms with Gasteiger partial charge in [-0.25, -0.2) is 0 Å². The van der Waals surface area contributed by atoms with E-state index in [9.17, 15) is 0 Å². The standard InChI is InChI=1S/C12H12N2S/c1-4-14-12-10(8-13)9(3)6-7-11(12)15-5-2/h4-7H,2H2,1,3H3. The van der Waals surface area contributed by atoms with Crippen molar-refractivity contribution >= 4 is 23.7 Å². The van der Waals surface area contributed by atoms with Crippen LogP contribution >= 0.6 is 11.8 Å². The van der Waals surface area contributed by atoms with Crippen LogP contribution in [0.2, 0.25) is 0 Å². The first-order chi connectivity index (χ1) is 7.24. The summed E-state index contributed by atoms with van der Waals surface area (Å²) in [7, 11) is 0. The molecular formula is C12H12N2S. The topological polar surface area (TPSA) is 36.1 Å². The Labute approximate surface area is 94.3 Å². The highest BCUT2D eigenvalue weighted by atomic mass is 32.2. The summed E-state index contributed by atoms with van der Waals surface area (Å²) in [5.74, 6) is 0. The molecule has 0 bridgehead atoms. The molecule has 1 aromatic rings. The van der Waals surface area contributed by atoms with E-state index in [0.717, 1.165) is 16.1 Å². The smallest absolute Gasteiger partial charge is 0.102 e. The van der Waals surface area contributed by atoms with Gasteiger partial charge in [-0.15, -0.1) is 0 Å². The van der Waals surface area contributed by atoms with Crippen LogP contribution in [0.4, 0.5) is 5.69 Å². The van der Waals surface area contributed by atoms with E-state index in [1.807, 2.05) is 26.0 Å². The fourth-order valence-electron chi connectivity index (χ4n) is 1.26. The Morgan fingerprint density at radius 3 is 2.80 bits per heavy atom. The van der Waals surface area contributed by atoms with E-state index in [-0.39, 0.29) is 0 Å². The molecule has 0 saturated heterocycles. The third kappa shape index (κ3) is 2.48. The third-order valence-electron chi connectivity index (χ3n) is 1.93. The van der Waals surface area contributed by atoms with Crippen LogP contribution in [0.25, 0.3) is 0 Å². The molecular weight excluding hydrogens is 204 g/mol. The maximum absolute atomic E-state index is 9.06. The fourth-order valence-corrected chi connectivity index (χ4v) is 1.85. The van der Waals surface area contributed by atoms with Gasteiger partial charge in [0.15, 0.2) is 0 Å². The van der Waals surface area contributed by atoms with Crippen LogP contribution < -0.4 is 0 Å².